The molecule has 2 unspecified atom stereocenters. The van der Waals surface area contributed by atoms with Gasteiger partial charge < -0.3 is 0 Å². The van der Waals surface area contributed by atoms with E-state index in [0.29, 0.717) is 10.8 Å². The summed E-state index contributed by atoms with van der Waals surface area (Å²) in [4.78, 5) is 0. The van der Waals surface area contributed by atoms with Gasteiger partial charge in [-0.1, -0.05) is 47.0 Å². The molecule has 4 aliphatic rings. The Labute approximate surface area is 138 Å². The number of hydrogen-bond acceptors (Lipinski definition) is 0. The summed E-state index contributed by atoms with van der Waals surface area (Å²) in [7, 11) is 0. The Kier molecular flexibility index (Phi) is 3.70. The van der Waals surface area contributed by atoms with E-state index in [4.69, 9.17) is 0 Å². The second-order valence-electron chi connectivity index (χ2n) is 10.2. The van der Waals surface area contributed by atoms with E-state index in [1.807, 2.05) is 0 Å². The van der Waals surface area contributed by atoms with Crippen LogP contribution in [0.3, 0.4) is 0 Å². The van der Waals surface area contributed by atoms with Gasteiger partial charge in [-0.15, -0.1) is 0 Å². The highest BCUT2D eigenvalue weighted by Crippen LogP contribution is 2.68. The van der Waals surface area contributed by atoms with Crippen LogP contribution in [-0.4, -0.2) is 0 Å². The predicted octanol–water partition coefficient (Wildman–Crippen LogP) is 6.69. The van der Waals surface area contributed by atoms with Crippen molar-refractivity contribution in [2.24, 2.45) is 46.3 Å². The van der Waals surface area contributed by atoms with Crippen molar-refractivity contribution in [1.82, 2.24) is 0 Å². The Morgan fingerprint density at radius 3 is 2.36 bits per heavy atom. The minimum absolute atomic E-state index is 0.701. The molecule has 22 heavy (non-hydrogen) atoms. The van der Waals surface area contributed by atoms with Crippen molar-refractivity contribution < 1.29 is 0 Å². The molecule has 0 saturated heterocycles. The molecule has 4 rings (SSSR count). The average molecular weight is 303 g/mol. The molecule has 0 radical (unpaired) electrons. The molecule has 4 saturated carbocycles. The van der Waals surface area contributed by atoms with Gasteiger partial charge >= 0.3 is 0 Å². The molecule has 0 nitrogen and oxygen atoms in total. The van der Waals surface area contributed by atoms with Gasteiger partial charge in [0.15, 0.2) is 0 Å². The van der Waals surface area contributed by atoms with E-state index < -0.39 is 0 Å². The van der Waals surface area contributed by atoms with Crippen LogP contribution in [0.5, 0.6) is 0 Å². The molecule has 0 aliphatic heterocycles. The molecule has 0 bridgehead atoms. The van der Waals surface area contributed by atoms with Crippen molar-refractivity contribution in [2.45, 2.75) is 91.9 Å². The Morgan fingerprint density at radius 1 is 0.818 bits per heavy atom. The van der Waals surface area contributed by atoms with Gasteiger partial charge in [-0.2, -0.15) is 0 Å². The molecule has 0 heterocycles. The molecule has 0 spiro atoms. The van der Waals surface area contributed by atoms with Crippen molar-refractivity contribution in [3.8, 4) is 0 Å². The van der Waals surface area contributed by atoms with Gasteiger partial charge in [0, 0.05) is 0 Å². The zero-order chi connectivity index (χ0) is 15.5. The van der Waals surface area contributed by atoms with Gasteiger partial charge in [0.05, 0.1) is 0 Å². The Balaban J connectivity index is 1.66. The summed E-state index contributed by atoms with van der Waals surface area (Å²) < 4.78 is 0. The third kappa shape index (κ3) is 1.94. The SMILES string of the molecule is CC[C@H]1CC[C@H]2[C@@H]3CC(C)C4CCCC[C@]4(C)[C@H]3CC[C@]12C. The van der Waals surface area contributed by atoms with Crippen LogP contribution < -0.4 is 0 Å². The predicted molar refractivity (Wildman–Crippen MR) is 94.7 cm³/mol. The first-order valence-corrected chi connectivity index (χ1v) is 10.5. The van der Waals surface area contributed by atoms with Crippen LogP contribution in [0.1, 0.15) is 91.9 Å². The lowest BCUT2D eigenvalue weighted by atomic mass is 9.43. The summed E-state index contributed by atoms with van der Waals surface area (Å²) in [6.45, 7) is 10.5. The summed E-state index contributed by atoms with van der Waals surface area (Å²) in [5.74, 6) is 6.29. The van der Waals surface area contributed by atoms with E-state index in [1.165, 1.54) is 25.7 Å². The zero-order valence-corrected chi connectivity index (χ0v) is 15.5. The first kappa shape index (κ1) is 15.5. The van der Waals surface area contributed by atoms with Gasteiger partial charge in [0.25, 0.3) is 0 Å². The molecule has 0 aromatic rings. The molecule has 0 aromatic carbocycles. The van der Waals surface area contributed by atoms with E-state index in [2.05, 4.69) is 27.7 Å². The largest absolute Gasteiger partial charge is 0.0651 e. The third-order valence-corrected chi connectivity index (χ3v) is 9.63. The second-order valence-corrected chi connectivity index (χ2v) is 10.2. The van der Waals surface area contributed by atoms with Crippen LogP contribution in [0, 0.1) is 46.3 Å². The van der Waals surface area contributed by atoms with Gasteiger partial charge in [0.2, 0.25) is 0 Å². The van der Waals surface area contributed by atoms with Crippen molar-refractivity contribution in [1.29, 1.82) is 0 Å². The summed E-state index contributed by atoms with van der Waals surface area (Å²) in [5.41, 5.74) is 1.40. The molecule has 8 atom stereocenters. The lowest BCUT2D eigenvalue weighted by molar-refractivity contribution is -0.131. The second kappa shape index (κ2) is 5.25. The fraction of sp³-hybridized carbons (Fsp3) is 1.00. The van der Waals surface area contributed by atoms with E-state index in [9.17, 15) is 0 Å². The topological polar surface area (TPSA) is 0 Å². The normalized spacial score (nSPS) is 57.8. The maximum Gasteiger partial charge on any atom is -0.0264 e. The van der Waals surface area contributed by atoms with E-state index in [1.54, 1.807) is 38.5 Å². The maximum absolute atomic E-state index is 2.72. The summed E-state index contributed by atoms with van der Waals surface area (Å²) >= 11 is 0. The van der Waals surface area contributed by atoms with Crippen molar-refractivity contribution in [2.75, 3.05) is 0 Å². The Bertz CT molecular complexity index is 426. The molecule has 126 valence electrons. The van der Waals surface area contributed by atoms with Crippen molar-refractivity contribution in [3.05, 3.63) is 0 Å². The van der Waals surface area contributed by atoms with E-state index >= 15 is 0 Å². The third-order valence-electron chi connectivity index (χ3n) is 9.63. The van der Waals surface area contributed by atoms with Crippen molar-refractivity contribution in [3.63, 3.8) is 0 Å². The molecular weight excluding hydrogens is 264 g/mol. The summed E-state index contributed by atoms with van der Waals surface area (Å²) in [6, 6.07) is 0. The van der Waals surface area contributed by atoms with Crippen LogP contribution in [0.15, 0.2) is 0 Å². The highest BCUT2D eigenvalue weighted by atomic mass is 14.6. The highest BCUT2D eigenvalue weighted by molar-refractivity contribution is 5.09. The molecule has 0 aromatic heterocycles. The molecule has 0 N–H and O–H groups in total. The van der Waals surface area contributed by atoms with Crippen molar-refractivity contribution >= 4 is 0 Å². The zero-order valence-electron chi connectivity index (χ0n) is 15.5. The number of hydrogen-bond donors (Lipinski definition) is 0. The molecule has 4 fully saturated rings. The van der Waals surface area contributed by atoms with Gasteiger partial charge in [-0.05, 0) is 91.3 Å². The Morgan fingerprint density at radius 2 is 1.59 bits per heavy atom. The first-order valence-electron chi connectivity index (χ1n) is 10.5. The van der Waals surface area contributed by atoms with Crippen LogP contribution in [0.4, 0.5) is 0 Å². The van der Waals surface area contributed by atoms with Gasteiger partial charge in [-0.3, -0.25) is 0 Å². The maximum atomic E-state index is 2.72. The highest BCUT2D eigenvalue weighted by Gasteiger charge is 2.60. The lowest BCUT2D eigenvalue weighted by Crippen LogP contribution is -2.54. The van der Waals surface area contributed by atoms with Gasteiger partial charge in [0.1, 0.15) is 0 Å². The smallest absolute Gasteiger partial charge is 0.0264 e. The van der Waals surface area contributed by atoms with E-state index in [0.717, 1.165) is 35.5 Å². The standard InChI is InChI=1S/C22H38/c1-5-16-9-10-19-17-14-15(2)18-8-6-7-12-22(18,4)20(17)11-13-21(16,19)3/h15-20H,5-14H2,1-4H3/t15?,16-,17-,18?,19-,20-,21+,22-/m0/s1. The van der Waals surface area contributed by atoms with E-state index in [-0.39, 0.29) is 0 Å². The minimum atomic E-state index is 0.701. The van der Waals surface area contributed by atoms with Crippen LogP contribution >= 0.6 is 0 Å². The number of fused-ring (bicyclic) bond motifs is 5. The molecule has 0 heteroatoms. The number of rotatable bonds is 1. The quantitative estimate of drug-likeness (QED) is 0.506. The molecule has 4 aliphatic carbocycles. The van der Waals surface area contributed by atoms with Crippen LogP contribution in [0.25, 0.3) is 0 Å². The fourth-order valence-corrected chi connectivity index (χ4v) is 8.59. The summed E-state index contributed by atoms with van der Waals surface area (Å²) in [5, 5.41) is 0. The van der Waals surface area contributed by atoms with Crippen LogP contribution in [-0.2, 0) is 0 Å². The van der Waals surface area contributed by atoms with Crippen LogP contribution in [0.2, 0.25) is 0 Å². The lowest BCUT2D eigenvalue weighted by Gasteiger charge is -2.62. The fourth-order valence-electron chi connectivity index (χ4n) is 8.59. The monoisotopic (exact) mass is 302 g/mol. The van der Waals surface area contributed by atoms with Gasteiger partial charge in [-0.25, -0.2) is 0 Å². The summed E-state index contributed by atoms with van der Waals surface area (Å²) in [6.07, 6.45) is 15.3. The molecular formula is C22H38. The Hall–Kier alpha value is 0. The molecule has 0 amide bonds. The first-order chi connectivity index (χ1) is 10.5. The average Bonchev–Trinajstić information content (AvgIpc) is 2.84. The minimum Gasteiger partial charge on any atom is -0.0651 e.